The zero-order chi connectivity index (χ0) is 32.9. The molecular formula is C33H28F6N4O2S. The molecule has 6 rings (SSSR count). The minimum Gasteiger partial charge on any atom is -0.291 e. The first-order chi connectivity index (χ1) is 21.8. The standard InChI is InChI=1S/C33H28F6N4O2S/c1-46(45,28-10-5-25(36)6-11-28)42(15-13-34)27-7-2-22-17-30-21(20-41-43(30)26-8-3-24(35)4-9-26)18-32(22,19-27)31(44)29-16-23(12-14-40-29)33(37,38)39/h3-6,8-12,14,16-17,20,27H,1-2,7,13,15,18-19H2/t27-,32-,46?/m0/s1. The van der Waals surface area contributed by atoms with Gasteiger partial charge in [-0.15, -0.1) is 0 Å². The van der Waals surface area contributed by atoms with Crippen molar-refractivity contribution in [2.45, 2.75) is 42.8 Å². The Kier molecular flexibility index (Phi) is 8.18. The molecule has 0 aliphatic heterocycles. The van der Waals surface area contributed by atoms with Crippen LogP contribution in [0.2, 0.25) is 0 Å². The number of alkyl halides is 4. The topological polar surface area (TPSA) is 68.1 Å². The Morgan fingerprint density at radius 1 is 1.07 bits per heavy atom. The molecule has 1 unspecified atom stereocenters. The van der Waals surface area contributed by atoms with E-state index >= 15 is 0 Å². The molecule has 0 amide bonds. The highest BCUT2D eigenvalue weighted by Gasteiger charge is 2.51. The molecule has 2 aliphatic carbocycles. The summed E-state index contributed by atoms with van der Waals surface area (Å²) >= 11 is 0. The van der Waals surface area contributed by atoms with E-state index in [0.717, 1.165) is 30.5 Å². The van der Waals surface area contributed by atoms with Gasteiger partial charge in [0.15, 0.2) is 5.78 Å². The molecule has 2 aromatic heterocycles. The lowest BCUT2D eigenvalue weighted by Gasteiger charge is -2.47. The third-order valence-corrected chi connectivity index (χ3v) is 11.0. The molecule has 1 saturated carbocycles. The monoisotopic (exact) mass is 658 g/mol. The predicted molar refractivity (Wildman–Crippen MR) is 161 cm³/mol. The average Bonchev–Trinajstić information content (AvgIpc) is 3.44. The lowest BCUT2D eigenvalue weighted by atomic mass is 9.60. The molecular weight excluding hydrogens is 630 g/mol. The fourth-order valence-corrected chi connectivity index (χ4v) is 8.39. The maximum atomic E-state index is 14.5. The Bertz CT molecular complexity index is 1920. The number of halogens is 6. The number of hydrogen-bond acceptors (Lipinski definition) is 4. The summed E-state index contributed by atoms with van der Waals surface area (Å²) in [6.07, 6.45) is 0.126. The first-order valence-electron chi connectivity index (χ1n) is 14.4. The largest absolute Gasteiger partial charge is 0.416 e. The van der Waals surface area contributed by atoms with Crippen LogP contribution in [0.5, 0.6) is 0 Å². The molecule has 4 aromatic rings. The summed E-state index contributed by atoms with van der Waals surface area (Å²) in [4.78, 5) is 18.7. The van der Waals surface area contributed by atoms with Crippen LogP contribution >= 0.6 is 0 Å². The van der Waals surface area contributed by atoms with Gasteiger partial charge in [0.1, 0.15) is 24.0 Å². The Labute approximate surface area is 261 Å². The smallest absolute Gasteiger partial charge is 0.291 e. The Hall–Kier alpha value is -4.23. The number of rotatable bonds is 8. The van der Waals surface area contributed by atoms with E-state index in [1.807, 2.05) is 0 Å². The van der Waals surface area contributed by atoms with Gasteiger partial charge < -0.3 is 0 Å². The number of pyridine rings is 1. The van der Waals surface area contributed by atoms with Crippen molar-refractivity contribution in [1.82, 2.24) is 19.1 Å². The van der Waals surface area contributed by atoms with E-state index in [0.29, 0.717) is 28.9 Å². The summed E-state index contributed by atoms with van der Waals surface area (Å²) in [6.45, 7) is -1.19. The minimum atomic E-state index is -4.72. The normalized spacial score (nSPS) is 20.8. The number of aromatic nitrogens is 3. The number of nitrogens with zero attached hydrogens (tertiary/aromatic N) is 4. The molecule has 1 fully saturated rings. The molecule has 2 heterocycles. The van der Waals surface area contributed by atoms with E-state index in [1.165, 1.54) is 28.6 Å². The van der Waals surface area contributed by atoms with E-state index in [1.54, 1.807) is 29.1 Å². The molecule has 6 nitrogen and oxygen atoms in total. The predicted octanol–water partition coefficient (Wildman–Crippen LogP) is 6.89. The van der Waals surface area contributed by atoms with Crippen molar-refractivity contribution in [3.63, 3.8) is 0 Å². The van der Waals surface area contributed by atoms with E-state index < -0.39 is 57.0 Å². The van der Waals surface area contributed by atoms with Crippen LogP contribution in [0.4, 0.5) is 26.3 Å². The number of Topliss-reactive ketones (excluding diaryl/α,β-unsaturated/α-hetero) is 1. The van der Waals surface area contributed by atoms with Gasteiger partial charge in [0, 0.05) is 23.7 Å². The average molecular weight is 659 g/mol. The number of carbonyl (C=O) groups excluding carboxylic acids is 1. The maximum Gasteiger partial charge on any atom is 0.416 e. The number of benzene rings is 2. The van der Waals surface area contributed by atoms with Crippen LogP contribution in [0, 0.1) is 17.0 Å². The van der Waals surface area contributed by atoms with Crippen molar-refractivity contribution < 1.29 is 35.3 Å². The quantitative estimate of drug-likeness (QED) is 0.118. The van der Waals surface area contributed by atoms with E-state index in [-0.39, 0.29) is 36.4 Å². The molecule has 240 valence electrons. The van der Waals surface area contributed by atoms with Crippen LogP contribution in [0.1, 0.15) is 46.6 Å². The highest BCUT2D eigenvalue weighted by Crippen LogP contribution is 2.51. The number of ketones is 1. The van der Waals surface area contributed by atoms with Gasteiger partial charge in [0.25, 0.3) is 0 Å². The van der Waals surface area contributed by atoms with Crippen molar-refractivity contribution in [3.05, 3.63) is 113 Å². The van der Waals surface area contributed by atoms with Crippen LogP contribution in [-0.2, 0) is 22.3 Å². The second-order valence-corrected chi connectivity index (χ2v) is 13.7. The van der Waals surface area contributed by atoms with Gasteiger partial charge in [-0.25, -0.2) is 26.4 Å². The van der Waals surface area contributed by atoms with Gasteiger partial charge in [-0.1, -0.05) is 5.57 Å². The summed E-state index contributed by atoms with van der Waals surface area (Å²) in [5.41, 5.74) is -0.429. The summed E-state index contributed by atoms with van der Waals surface area (Å²) in [7, 11) is -3.37. The molecule has 0 saturated heterocycles. The van der Waals surface area contributed by atoms with Crippen molar-refractivity contribution in [1.29, 1.82) is 0 Å². The maximum absolute atomic E-state index is 14.5. The zero-order valence-electron chi connectivity index (χ0n) is 24.3. The number of allylic oxidation sites excluding steroid dienone is 1. The molecule has 3 atom stereocenters. The third kappa shape index (κ3) is 5.66. The highest BCUT2D eigenvalue weighted by atomic mass is 32.2. The van der Waals surface area contributed by atoms with Crippen molar-refractivity contribution in [2.75, 3.05) is 13.2 Å². The molecule has 0 bridgehead atoms. The number of hydrogen-bond donors (Lipinski definition) is 0. The van der Waals surface area contributed by atoms with Crippen molar-refractivity contribution in [2.24, 2.45) is 5.41 Å². The van der Waals surface area contributed by atoms with Gasteiger partial charge in [0.05, 0.1) is 38.3 Å². The Morgan fingerprint density at radius 2 is 1.74 bits per heavy atom. The lowest BCUT2D eigenvalue weighted by molar-refractivity contribution is -0.137. The molecule has 2 aliphatic rings. The van der Waals surface area contributed by atoms with E-state index in [9.17, 15) is 35.3 Å². The molecule has 2 aromatic carbocycles. The summed E-state index contributed by atoms with van der Waals surface area (Å²) in [5, 5.41) is 4.46. The van der Waals surface area contributed by atoms with Gasteiger partial charge in [-0.2, -0.15) is 18.3 Å². The number of fused-ring (bicyclic) bond motifs is 2. The first-order valence-corrected chi connectivity index (χ1v) is 16.1. The summed E-state index contributed by atoms with van der Waals surface area (Å²) < 4.78 is 99.5. The van der Waals surface area contributed by atoms with Gasteiger partial charge >= 0.3 is 6.18 Å². The van der Waals surface area contributed by atoms with Crippen molar-refractivity contribution >= 4 is 27.4 Å². The van der Waals surface area contributed by atoms with E-state index in [2.05, 4.69) is 16.0 Å². The minimum absolute atomic E-state index is 0.0233. The molecule has 13 heteroatoms. The number of carbonyl (C=O) groups is 1. The van der Waals surface area contributed by atoms with Crippen molar-refractivity contribution in [3.8, 4) is 5.69 Å². The highest BCUT2D eigenvalue weighted by molar-refractivity contribution is 7.98. The molecule has 0 N–H and O–H groups in total. The van der Waals surface area contributed by atoms with Gasteiger partial charge in [0.2, 0.25) is 0 Å². The third-order valence-electron chi connectivity index (χ3n) is 8.73. The van der Waals surface area contributed by atoms with Crippen LogP contribution in [0.3, 0.4) is 0 Å². The zero-order valence-corrected chi connectivity index (χ0v) is 25.1. The van der Waals surface area contributed by atoms with Gasteiger partial charge in [-0.3, -0.25) is 9.78 Å². The van der Waals surface area contributed by atoms with Crippen LogP contribution < -0.4 is 0 Å². The molecule has 46 heavy (non-hydrogen) atoms. The lowest BCUT2D eigenvalue weighted by Crippen LogP contribution is -2.51. The second kappa shape index (κ2) is 11.8. The van der Waals surface area contributed by atoms with Crippen LogP contribution in [0.25, 0.3) is 11.8 Å². The Morgan fingerprint density at radius 3 is 2.39 bits per heavy atom. The SMILES string of the molecule is C=S(=O)(c1ccc(F)cc1)N(CCF)[C@H]1CCC2=Cc3c(cnn3-c3ccc(F)cc3)C[C@]2(C(=O)c2cc(C(F)(F)F)ccn2)C1. The van der Waals surface area contributed by atoms with Crippen LogP contribution in [0.15, 0.2) is 83.5 Å². The summed E-state index contributed by atoms with van der Waals surface area (Å²) in [6, 6.07) is 11.4. The fourth-order valence-electron chi connectivity index (χ4n) is 6.53. The second-order valence-electron chi connectivity index (χ2n) is 11.4. The molecule has 0 spiro atoms. The van der Waals surface area contributed by atoms with Crippen LogP contribution in [-0.4, -0.2) is 54.2 Å². The fraction of sp³-hybridized carbons (Fsp3) is 0.273. The first kappa shape index (κ1) is 31.7. The Balaban J connectivity index is 1.46. The van der Waals surface area contributed by atoms with Gasteiger partial charge in [-0.05, 0) is 104 Å². The van der Waals surface area contributed by atoms with E-state index in [4.69, 9.17) is 0 Å². The molecule has 0 radical (unpaired) electrons. The summed E-state index contributed by atoms with van der Waals surface area (Å²) in [5.74, 6) is 2.25.